The third-order valence-electron chi connectivity index (χ3n) is 4.01. The Bertz CT molecular complexity index is 577. The van der Waals surface area contributed by atoms with Crippen LogP contribution >= 0.6 is 0 Å². The Morgan fingerprint density at radius 1 is 1.00 bits per heavy atom. The lowest BCUT2D eigenvalue weighted by Gasteiger charge is -2.23. The summed E-state index contributed by atoms with van der Waals surface area (Å²) in [5.74, 6) is 0.589. The molecule has 0 amide bonds. The molecule has 0 atom stereocenters. The van der Waals surface area contributed by atoms with E-state index in [-0.39, 0.29) is 12.7 Å². The average Bonchev–Trinajstić information content (AvgIpc) is 2.56. The number of nitrogens with zero attached hydrogens (tertiary/aromatic N) is 1. The van der Waals surface area contributed by atoms with Crippen LogP contribution in [-0.4, -0.2) is 16.2 Å². The zero-order valence-electron chi connectivity index (χ0n) is 12.2. The number of aliphatic hydroxyl groups excluding tert-OH is 1. The van der Waals surface area contributed by atoms with Gasteiger partial charge in [-0.25, -0.2) is 4.98 Å². The molecule has 0 aliphatic heterocycles. The molecule has 1 aliphatic carbocycles. The average molecular weight is 283 g/mol. The van der Waals surface area contributed by atoms with Crippen molar-refractivity contribution in [2.45, 2.75) is 44.8 Å². The molecule has 1 fully saturated rings. The highest BCUT2D eigenvalue weighted by Gasteiger charge is 2.17. The number of hydrogen-bond donors (Lipinski definition) is 1. The molecule has 3 nitrogen and oxygen atoms in total. The van der Waals surface area contributed by atoms with E-state index in [2.05, 4.69) is 4.98 Å². The van der Waals surface area contributed by atoms with E-state index in [0.717, 1.165) is 29.7 Å². The first kappa shape index (κ1) is 14.1. The molecule has 3 rings (SSSR count). The summed E-state index contributed by atoms with van der Waals surface area (Å²) in [6.07, 6.45) is 6.14. The number of aliphatic hydroxyl groups is 1. The predicted molar refractivity (Wildman–Crippen MR) is 83.1 cm³/mol. The van der Waals surface area contributed by atoms with Crippen molar-refractivity contribution >= 4 is 0 Å². The first-order chi connectivity index (χ1) is 10.4. The maximum Gasteiger partial charge on any atom is 0.219 e. The first-order valence-electron chi connectivity index (χ1n) is 7.69. The van der Waals surface area contributed by atoms with Crippen LogP contribution in [0.1, 0.15) is 37.7 Å². The molecule has 2 aromatic rings. The molecule has 0 bridgehead atoms. The molecule has 1 aromatic heterocycles. The quantitative estimate of drug-likeness (QED) is 0.923. The summed E-state index contributed by atoms with van der Waals surface area (Å²) >= 11 is 0. The molecule has 0 saturated heterocycles. The van der Waals surface area contributed by atoms with Crippen LogP contribution in [0.2, 0.25) is 0 Å². The van der Waals surface area contributed by atoms with Crippen molar-refractivity contribution in [2.75, 3.05) is 0 Å². The Morgan fingerprint density at radius 2 is 1.76 bits per heavy atom. The van der Waals surface area contributed by atoms with E-state index in [0.29, 0.717) is 5.88 Å². The third kappa shape index (κ3) is 3.42. The zero-order valence-corrected chi connectivity index (χ0v) is 12.2. The molecular formula is C18H21NO2. The van der Waals surface area contributed by atoms with Crippen molar-refractivity contribution in [3.05, 3.63) is 48.0 Å². The molecule has 3 heteroatoms. The maximum absolute atomic E-state index is 9.49. The minimum atomic E-state index is -0.0376. The maximum atomic E-state index is 9.49. The summed E-state index contributed by atoms with van der Waals surface area (Å²) in [5, 5.41) is 9.49. The normalized spacial score (nSPS) is 15.9. The van der Waals surface area contributed by atoms with Gasteiger partial charge in [-0.1, -0.05) is 36.8 Å². The fourth-order valence-electron chi connectivity index (χ4n) is 2.80. The van der Waals surface area contributed by atoms with Gasteiger partial charge in [0.25, 0.3) is 0 Å². The third-order valence-corrected chi connectivity index (χ3v) is 4.01. The van der Waals surface area contributed by atoms with Crippen LogP contribution in [0.25, 0.3) is 11.3 Å². The molecule has 0 spiro atoms. The van der Waals surface area contributed by atoms with E-state index in [9.17, 15) is 5.11 Å². The number of benzene rings is 1. The number of aromatic nitrogens is 1. The largest absolute Gasteiger partial charge is 0.474 e. The molecule has 1 N–H and O–H groups in total. The molecule has 110 valence electrons. The number of hydrogen-bond acceptors (Lipinski definition) is 3. The summed E-state index contributed by atoms with van der Waals surface area (Å²) in [6.45, 7) is -0.0376. The fraction of sp³-hybridized carbons (Fsp3) is 0.389. The van der Waals surface area contributed by atoms with Gasteiger partial charge in [0.1, 0.15) is 6.10 Å². The SMILES string of the molecule is OCc1ccc(-c2ccccc2)nc1OC1CCCCC1. The van der Waals surface area contributed by atoms with Gasteiger partial charge in [-0.05, 0) is 37.8 Å². The van der Waals surface area contributed by atoms with Crippen molar-refractivity contribution < 1.29 is 9.84 Å². The Balaban J connectivity index is 1.86. The highest BCUT2D eigenvalue weighted by atomic mass is 16.5. The Kier molecular flexibility index (Phi) is 4.51. The van der Waals surface area contributed by atoms with E-state index < -0.39 is 0 Å². The van der Waals surface area contributed by atoms with Crippen molar-refractivity contribution in [2.24, 2.45) is 0 Å². The monoisotopic (exact) mass is 283 g/mol. The van der Waals surface area contributed by atoms with Gasteiger partial charge < -0.3 is 9.84 Å². The predicted octanol–water partition coefficient (Wildman–Crippen LogP) is 3.95. The van der Waals surface area contributed by atoms with Crippen molar-refractivity contribution in [3.63, 3.8) is 0 Å². The van der Waals surface area contributed by atoms with Gasteiger partial charge >= 0.3 is 0 Å². The number of ether oxygens (including phenoxy) is 1. The summed E-state index contributed by atoms with van der Waals surface area (Å²) in [4.78, 5) is 4.63. The Hall–Kier alpha value is -1.87. The molecule has 0 radical (unpaired) electrons. The number of pyridine rings is 1. The van der Waals surface area contributed by atoms with E-state index in [1.807, 2.05) is 42.5 Å². The summed E-state index contributed by atoms with van der Waals surface area (Å²) < 4.78 is 6.07. The van der Waals surface area contributed by atoms with Crippen molar-refractivity contribution in [1.29, 1.82) is 0 Å². The van der Waals surface area contributed by atoms with Gasteiger partial charge in [-0.2, -0.15) is 0 Å². The molecule has 1 saturated carbocycles. The standard InChI is InChI=1S/C18H21NO2/c20-13-15-11-12-17(14-7-3-1-4-8-14)19-18(15)21-16-9-5-2-6-10-16/h1,3-4,7-8,11-12,16,20H,2,5-6,9-10,13H2. The van der Waals surface area contributed by atoms with E-state index in [1.54, 1.807) is 0 Å². The van der Waals surface area contributed by atoms with Gasteiger partial charge in [0.15, 0.2) is 0 Å². The summed E-state index contributed by atoms with van der Waals surface area (Å²) in [5.41, 5.74) is 2.72. The second kappa shape index (κ2) is 6.72. The Labute approximate surface area is 125 Å². The van der Waals surface area contributed by atoms with E-state index in [1.165, 1.54) is 19.3 Å². The molecule has 0 unspecified atom stereocenters. The second-order valence-corrected chi connectivity index (χ2v) is 5.56. The van der Waals surface area contributed by atoms with Crippen LogP contribution in [0.4, 0.5) is 0 Å². The minimum Gasteiger partial charge on any atom is -0.474 e. The van der Waals surface area contributed by atoms with Gasteiger partial charge in [-0.3, -0.25) is 0 Å². The number of rotatable bonds is 4. The zero-order chi connectivity index (χ0) is 14.5. The molecule has 1 aliphatic rings. The van der Waals surface area contributed by atoms with Gasteiger partial charge in [0, 0.05) is 11.1 Å². The van der Waals surface area contributed by atoms with E-state index in [4.69, 9.17) is 4.74 Å². The van der Waals surface area contributed by atoms with Crippen molar-refractivity contribution in [3.8, 4) is 17.1 Å². The first-order valence-corrected chi connectivity index (χ1v) is 7.69. The topological polar surface area (TPSA) is 42.4 Å². The lowest BCUT2D eigenvalue weighted by Crippen LogP contribution is -2.21. The van der Waals surface area contributed by atoms with Gasteiger partial charge in [0.2, 0.25) is 5.88 Å². The lowest BCUT2D eigenvalue weighted by molar-refractivity contribution is 0.143. The van der Waals surface area contributed by atoms with Crippen LogP contribution in [0.15, 0.2) is 42.5 Å². The lowest BCUT2D eigenvalue weighted by atomic mass is 9.98. The van der Waals surface area contributed by atoms with Crippen LogP contribution in [0, 0.1) is 0 Å². The molecule has 21 heavy (non-hydrogen) atoms. The van der Waals surface area contributed by atoms with Gasteiger partial charge in [-0.15, -0.1) is 0 Å². The summed E-state index contributed by atoms with van der Waals surface area (Å²) in [6, 6.07) is 13.9. The van der Waals surface area contributed by atoms with Crippen LogP contribution in [0.5, 0.6) is 5.88 Å². The highest BCUT2D eigenvalue weighted by molar-refractivity contribution is 5.60. The molecular weight excluding hydrogens is 262 g/mol. The van der Waals surface area contributed by atoms with Crippen LogP contribution in [0.3, 0.4) is 0 Å². The van der Waals surface area contributed by atoms with Crippen LogP contribution < -0.4 is 4.74 Å². The molecule has 1 aromatic carbocycles. The Morgan fingerprint density at radius 3 is 2.48 bits per heavy atom. The molecule has 1 heterocycles. The van der Waals surface area contributed by atoms with E-state index >= 15 is 0 Å². The second-order valence-electron chi connectivity index (χ2n) is 5.56. The smallest absolute Gasteiger partial charge is 0.219 e. The van der Waals surface area contributed by atoms with Crippen LogP contribution in [-0.2, 0) is 6.61 Å². The fourth-order valence-corrected chi connectivity index (χ4v) is 2.80. The summed E-state index contributed by atoms with van der Waals surface area (Å²) in [7, 11) is 0. The minimum absolute atomic E-state index is 0.0376. The highest BCUT2D eigenvalue weighted by Crippen LogP contribution is 2.27. The van der Waals surface area contributed by atoms with Crippen molar-refractivity contribution in [1.82, 2.24) is 4.98 Å². The van der Waals surface area contributed by atoms with Gasteiger partial charge in [0.05, 0.1) is 12.3 Å².